The lowest BCUT2D eigenvalue weighted by Crippen LogP contribution is -2.44. The number of halogens is 1. The molecule has 1 fully saturated rings. The largest absolute Gasteiger partial charge is 0.381 e. The molecule has 0 bridgehead atoms. The average molecular weight is 533 g/mol. The minimum atomic E-state index is 0. The summed E-state index contributed by atoms with van der Waals surface area (Å²) in [5, 5.41) is 6.73. The first-order valence-electron chi connectivity index (χ1n) is 11.1. The van der Waals surface area contributed by atoms with Gasteiger partial charge in [0.05, 0.1) is 12.2 Å². The van der Waals surface area contributed by atoms with Crippen LogP contribution in [0.4, 0.5) is 0 Å². The van der Waals surface area contributed by atoms with Crippen molar-refractivity contribution in [2.24, 2.45) is 4.99 Å². The maximum absolute atomic E-state index is 5.82. The Morgan fingerprint density at radius 1 is 1.07 bits per heavy atom. The van der Waals surface area contributed by atoms with E-state index >= 15 is 0 Å². The van der Waals surface area contributed by atoms with Crippen molar-refractivity contribution in [3.8, 4) is 0 Å². The van der Waals surface area contributed by atoms with Gasteiger partial charge in [0.15, 0.2) is 5.96 Å². The summed E-state index contributed by atoms with van der Waals surface area (Å²) in [4.78, 5) is 6.77. The van der Waals surface area contributed by atoms with E-state index in [-0.39, 0.29) is 24.0 Å². The number of nitrogens with zero attached hydrogens (tertiary/aromatic N) is 2. The quantitative estimate of drug-likeness (QED) is 0.197. The molecule has 0 saturated carbocycles. The van der Waals surface area contributed by atoms with E-state index in [2.05, 4.69) is 65.6 Å². The van der Waals surface area contributed by atoms with Gasteiger partial charge in [-0.3, -0.25) is 9.89 Å². The molecule has 0 radical (unpaired) electrons. The second-order valence-corrected chi connectivity index (χ2v) is 7.94. The van der Waals surface area contributed by atoms with Gasteiger partial charge in [-0.15, -0.1) is 24.0 Å². The van der Waals surface area contributed by atoms with E-state index in [1.165, 1.54) is 17.5 Å². The number of benzene rings is 1. The van der Waals surface area contributed by atoms with Crippen LogP contribution in [0, 0.1) is 0 Å². The number of hydrogen-bond donors (Lipinski definition) is 2. The Kier molecular flexibility index (Phi) is 14.3. The molecule has 1 aliphatic rings. The highest BCUT2D eigenvalue weighted by Crippen LogP contribution is 2.14. The maximum Gasteiger partial charge on any atom is 0.191 e. The number of rotatable bonds is 11. The van der Waals surface area contributed by atoms with Crippen LogP contribution in [0.25, 0.3) is 0 Å². The van der Waals surface area contributed by atoms with Gasteiger partial charge in [0.1, 0.15) is 0 Å². The fraction of sp³-hybridized carbons (Fsp3) is 0.696. The van der Waals surface area contributed by atoms with Crippen LogP contribution >= 0.6 is 24.0 Å². The Balaban J connectivity index is 0.00000450. The summed E-state index contributed by atoms with van der Waals surface area (Å²) < 4.78 is 11.4. The van der Waals surface area contributed by atoms with Crippen LogP contribution in [0.2, 0.25) is 0 Å². The van der Waals surface area contributed by atoms with Gasteiger partial charge >= 0.3 is 0 Å². The summed E-state index contributed by atoms with van der Waals surface area (Å²) in [6.45, 7) is 12.7. The van der Waals surface area contributed by atoms with Crippen molar-refractivity contribution in [1.29, 1.82) is 0 Å². The lowest BCUT2D eigenvalue weighted by atomic mass is 10.1. The van der Waals surface area contributed by atoms with Crippen molar-refractivity contribution in [1.82, 2.24) is 15.5 Å². The van der Waals surface area contributed by atoms with Gasteiger partial charge in [-0.2, -0.15) is 0 Å². The van der Waals surface area contributed by atoms with Gasteiger partial charge in [0.2, 0.25) is 0 Å². The molecule has 2 rings (SSSR count). The first-order valence-corrected chi connectivity index (χ1v) is 11.1. The van der Waals surface area contributed by atoms with Crippen LogP contribution in [-0.2, 0) is 22.6 Å². The maximum atomic E-state index is 5.82. The molecule has 1 saturated heterocycles. The molecule has 0 spiro atoms. The first-order chi connectivity index (χ1) is 14.1. The Hall–Kier alpha value is -0.900. The fourth-order valence-electron chi connectivity index (χ4n) is 3.57. The zero-order chi connectivity index (χ0) is 20.9. The van der Waals surface area contributed by atoms with Crippen LogP contribution < -0.4 is 10.6 Å². The number of aliphatic imine (C=N–C) groups is 1. The molecule has 1 aromatic rings. The van der Waals surface area contributed by atoms with E-state index in [0.29, 0.717) is 12.2 Å². The smallest absolute Gasteiger partial charge is 0.191 e. The van der Waals surface area contributed by atoms with Gasteiger partial charge < -0.3 is 20.1 Å². The van der Waals surface area contributed by atoms with Crippen LogP contribution in [0.15, 0.2) is 29.3 Å². The minimum absolute atomic E-state index is 0. The molecular weight excluding hydrogens is 491 g/mol. The van der Waals surface area contributed by atoms with Crippen molar-refractivity contribution >= 4 is 29.9 Å². The number of unbranched alkanes of at least 4 members (excludes halogenated alkanes) is 1. The van der Waals surface area contributed by atoms with Crippen LogP contribution in [0.1, 0.15) is 51.2 Å². The van der Waals surface area contributed by atoms with Crippen LogP contribution in [-0.4, -0.2) is 63.0 Å². The van der Waals surface area contributed by atoms with E-state index in [9.17, 15) is 0 Å². The van der Waals surface area contributed by atoms with Gasteiger partial charge in [-0.25, -0.2) is 0 Å². The third kappa shape index (κ3) is 10.9. The van der Waals surface area contributed by atoms with Gasteiger partial charge in [0, 0.05) is 53.0 Å². The summed E-state index contributed by atoms with van der Waals surface area (Å²) >= 11 is 0. The molecule has 0 aromatic heterocycles. The van der Waals surface area contributed by atoms with Gasteiger partial charge in [0.25, 0.3) is 0 Å². The second kappa shape index (κ2) is 15.8. The number of hydrogen-bond acceptors (Lipinski definition) is 4. The summed E-state index contributed by atoms with van der Waals surface area (Å²) in [5.41, 5.74) is 2.60. The Morgan fingerprint density at radius 3 is 2.33 bits per heavy atom. The summed E-state index contributed by atoms with van der Waals surface area (Å²) in [7, 11) is 1.81. The Labute approximate surface area is 200 Å². The molecule has 1 heterocycles. The third-order valence-electron chi connectivity index (χ3n) is 5.01. The molecule has 0 amide bonds. The standard InChI is InChI=1S/C23H40N4O2.HI/c1-5-6-13-28-14-7-12-25-23(24-4)26-15-21-8-10-22(11-9-21)18-27-16-19(2)29-20(3)17-27;/h8-11,19-20H,5-7,12-18H2,1-4H3,(H2,24,25,26);1H. The van der Waals surface area contributed by atoms with E-state index in [1.54, 1.807) is 7.05 Å². The molecule has 6 nitrogen and oxygen atoms in total. The highest BCUT2D eigenvalue weighted by Gasteiger charge is 2.21. The average Bonchev–Trinajstić information content (AvgIpc) is 2.70. The summed E-state index contributed by atoms with van der Waals surface area (Å²) in [6, 6.07) is 8.85. The zero-order valence-electron chi connectivity index (χ0n) is 19.2. The third-order valence-corrected chi connectivity index (χ3v) is 5.01. The van der Waals surface area contributed by atoms with E-state index < -0.39 is 0 Å². The Bertz CT molecular complexity index is 587. The van der Waals surface area contributed by atoms with Crippen LogP contribution in [0.3, 0.4) is 0 Å². The van der Waals surface area contributed by atoms with Gasteiger partial charge in [-0.05, 0) is 37.8 Å². The number of ether oxygens (including phenoxy) is 2. The summed E-state index contributed by atoms with van der Waals surface area (Å²) in [5.74, 6) is 0.832. The van der Waals surface area contributed by atoms with Crippen molar-refractivity contribution in [3.63, 3.8) is 0 Å². The van der Waals surface area contributed by atoms with E-state index in [0.717, 1.165) is 64.7 Å². The van der Waals surface area contributed by atoms with Crippen molar-refractivity contribution in [3.05, 3.63) is 35.4 Å². The molecule has 1 aliphatic heterocycles. The number of morpholine rings is 1. The molecular formula is C23H41IN4O2. The second-order valence-electron chi connectivity index (χ2n) is 7.94. The zero-order valence-corrected chi connectivity index (χ0v) is 21.5. The number of guanidine groups is 1. The van der Waals surface area contributed by atoms with Gasteiger partial charge in [-0.1, -0.05) is 37.6 Å². The minimum Gasteiger partial charge on any atom is -0.381 e. The fourth-order valence-corrected chi connectivity index (χ4v) is 3.57. The molecule has 0 aliphatic carbocycles. The molecule has 1 aromatic carbocycles. The first kappa shape index (κ1) is 27.1. The normalized spacial score (nSPS) is 19.9. The van der Waals surface area contributed by atoms with E-state index in [4.69, 9.17) is 9.47 Å². The van der Waals surface area contributed by atoms with Crippen molar-refractivity contribution < 1.29 is 9.47 Å². The molecule has 2 unspecified atom stereocenters. The van der Waals surface area contributed by atoms with Crippen molar-refractivity contribution in [2.45, 2.75) is 65.3 Å². The number of nitrogens with one attached hydrogen (secondary N) is 2. The van der Waals surface area contributed by atoms with Crippen molar-refractivity contribution in [2.75, 3.05) is 39.9 Å². The molecule has 2 atom stereocenters. The topological polar surface area (TPSA) is 58.1 Å². The monoisotopic (exact) mass is 532 g/mol. The predicted molar refractivity (Wildman–Crippen MR) is 136 cm³/mol. The molecule has 2 N–H and O–H groups in total. The predicted octanol–water partition coefficient (Wildman–Crippen LogP) is 3.79. The van der Waals surface area contributed by atoms with Crippen LogP contribution in [0.5, 0.6) is 0 Å². The molecule has 30 heavy (non-hydrogen) atoms. The lowest BCUT2D eigenvalue weighted by Gasteiger charge is -2.35. The Morgan fingerprint density at radius 2 is 1.70 bits per heavy atom. The molecule has 7 heteroatoms. The van der Waals surface area contributed by atoms with E-state index in [1.807, 2.05) is 0 Å². The lowest BCUT2D eigenvalue weighted by molar-refractivity contribution is -0.0704. The summed E-state index contributed by atoms with van der Waals surface area (Å²) in [6.07, 6.45) is 3.92. The highest BCUT2D eigenvalue weighted by molar-refractivity contribution is 14.0. The molecule has 172 valence electrons. The SMILES string of the molecule is CCCCOCCCNC(=NC)NCc1ccc(CN2CC(C)OC(C)C2)cc1.I. The highest BCUT2D eigenvalue weighted by atomic mass is 127.